The lowest BCUT2D eigenvalue weighted by Gasteiger charge is -2.11. The van der Waals surface area contributed by atoms with E-state index < -0.39 is 16.0 Å². The number of sulfonamides is 1. The lowest BCUT2D eigenvalue weighted by molar-refractivity contribution is 0.0698. The summed E-state index contributed by atoms with van der Waals surface area (Å²) in [7, 11) is -4.11. The highest BCUT2D eigenvalue weighted by molar-refractivity contribution is 7.93. The average molecular weight is 366 g/mol. The summed E-state index contributed by atoms with van der Waals surface area (Å²) in [6, 6.07) is 4.52. The molecule has 2 aromatic rings. The van der Waals surface area contributed by atoms with Crippen molar-refractivity contribution in [2.75, 3.05) is 4.72 Å². The lowest BCUT2D eigenvalue weighted by atomic mass is 10.3. The molecule has 9 heteroatoms. The smallest absolute Gasteiger partial charge is 0.347 e. The van der Waals surface area contributed by atoms with Gasteiger partial charge >= 0.3 is 5.97 Å². The van der Waals surface area contributed by atoms with Crippen LogP contribution in [0.15, 0.2) is 28.5 Å². The fourth-order valence-corrected chi connectivity index (χ4v) is 5.03. The standard InChI is InChI=1S/C12H9Cl2NO4S2/c1-6-5-20-10(12(16)17)11(6)21(18,19)15-9-7(13)3-2-4-8(9)14/h2-5,15H,1H3,(H,16,17). The van der Waals surface area contributed by atoms with Crippen LogP contribution >= 0.6 is 34.5 Å². The molecule has 2 rings (SSSR count). The maximum Gasteiger partial charge on any atom is 0.347 e. The molecule has 1 heterocycles. The number of benzene rings is 1. The molecule has 0 saturated heterocycles. The van der Waals surface area contributed by atoms with Gasteiger partial charge in [0.1, 0.15) is 9.77 Å². The monoisotopic (exact) mass is 365 g/mol. The largest absolute Gasteiger partial charge is 0.477 e. The third kappa shape index (κ3) is 3.16. The Morgan fingerprint density at radius 2 is 1.86 bits per heavy atom. The van der Waals surface area contributed by atoms with Gasteiger partial charge in [0.25, 0.3) is 10.0 Å². The quantitative estimate of drug-likeness (QED) is 0.861. The van der Waals surface area contributed by atoms with E-state index in [1.807, 2.05) is 0 Å². The van der Waals surface area contributed by atoms with Crippen molar-refractivity contribution in [1.82, 2.24) is 0 Å². The number of carbonyl (C=O) groups is 1. The van der Waals surface area contributed by atoms with Gasteiger partial charge in [-0.25, -0.2) is 13.2 Å². The van der Waals surface area contributed by atoms with Crippen molar-refractivity contribution in [2.45, 2.75) is 11.8 Å². The predicted octanol–water partition coefficient (Wildman–Crippen LogP) is 3.86. The summed E-state index contributed by atoms with van der Waals surface area (Å²) < 4.78 is 27.1. The predicted molar refractivity (Wildman–Crippen MR) is 83.3 cm³/mol. The number of para-hydroxylation sites is 1. The summed E-state index contributed by atoms with van der Waals surface area (Å²) in [4.78, 5) is 10.6. The molecule has 0 amide bonds. The number of anilines is 1. The zero-order valence-corrected chi connectivity index (χ0v) is 13.7. The number of hydrogen-bond donors (Lipinski definition) is 2. The van der Waals surface area contributed by atoms with Gasteiger partial charge in [-0.15, -0.1) is 11.3 Å². The van der Waals surface area contributed by atoms with E-state index in [2.05, 4.69) is 4.72 Å². The first-order chi connectivity index (χ1) is 9.74. The van der Waals surface area contributed by atoms with Crippen molar-refractivity contribution >= 4 is 56.2 Å². The van der Waals surface area contributed by atoms with Crippen LogP contribution < -0.4 is 4.72 Å². The maximum absolute atomic E-state index is 12.4. The SMILES string of the molecule is Cc1csc(C(=O)O)c1S(=O)(=O)Nc1c(Cl)cccc1Cl. The number of thiophene rings is 1. The highest BCUT2D eigenvalue weighted by atomic mass is 35.5. The van der Waals surface area contributed by atoms with Crippen LogP contribution in [0.5, 0.6) is 0 Å². The van der Waals surface area contributed by atoms with Crippen LogP contribution in [-0.4, -0.2) is 19.5 Å². The Labute approximate surface area is 135 Å². The number of aromatic carboxylic acids is 1. The summed E-state index contributed by atoms with van der Waals surface area (Å²) in [5.74, 6) is -1.31. The van der Waals surface area contributed by atoms with Crippen LogP contribution in [0.3, 0.4) is 0 Å². The molecule has 5 nitrogen and oxygen atoms in total. The molecule has 0 aliphatic rings. The van der Waals surface area contributed by atoms with E-state index in [0.717, 1.165) is 11.3 Å². The fourth-order valence-electron chi connectivity index (χ4n) is 1.70. The fraction of sp³-hybridized carbons (Fsp3) is 0.0833. The molecule has 1 aromatic carbocycles. The van der Waals surface area contributed by atoms with Gasteiger partial charge in [0.05, 0.1) is 15.7 Å². The molecule has 2 N–H and O–H groups in total. The molecule has 0 aliphatic carbocycles. The minimum absolute atomic E-state index is 0.0165. The first-order valence-electron chi connectivity index (χ1n) is 5.52. The van der Waals surface area contributed by atoms with E-state index in [0.29, 0.717) is 5.56 Å². The van der Waals surface area contributed by atoms with E-state index in [4.69, 9.17) is 28.3 Å². The van der Waals surface area contributed by atoms with Gasteiger partial charge in [-0.2, -0.15) is 0 Å². The van der Waals surface area contributed by atoms with Crippen molar-refractivity contribution in [2.24, 2.45) is 0 Å². The third-order valence-corrected chi connectivity index (χ3v) is 5.96. The normalized spacial score (nSPS) is 11.4. The lowest BCUT2D eigenvalue weighted by Crippen LogP contribution is -2.16. The number of carboxylic acids is 1. The van der Waals surface area contributed by atoms with Gasteiger partial charge in [-0.05, 0) is 30.0 Å². The van der Waals surface area contributed by atoms with Crippen molar-refractivity contribution in [3.8, 4) is 0 Å². The second-order valence-electron chi connectivity index (χ2n) is 4.08. The second kappa shape index (κ2) is 5.84. The summed E-state index contributed by atoms with van der Waals surface area (Å²) in [5, 5.41) is 10.8. The Balaban J connectivity index is 2.54. The number of carboxylic acid groups (broad SMARTS) is 1. The zero-order chi connectivity index (χ0) is 15.8. The van der Waals surface area contributed by atoms with Crippen molar-refractivity contribution < 1.29 is 18.3 Å². The number of halogens is 2. The molecular formula is C12H9Cl2NO4S2. The van der Waals surface area contributed by atoms with Gasteiger partial charge in [0, 0.05) is 0 Å². The number of hydrogen-bond acceptors (Lipinski definition) is 4. The summed E-state index contributed by atoms with van der Waals surface area (Å²) >= 11 is 12.7. The Kier molecular flexibility index (Phi) is 4.48. The van der Waals surface area contributed by atoms with Crippen LogP contribution in [0.25, 0.3) is 0 Å². The molecule has 0 atom stereocenters. The summed E-state index contributed by atoms with van der Waals surface area (Å²) in [5.41, 5.74) is 0.357. The first-order valence-corrected chi connectivity index (χ1v) is 8.64. The summed E-state index contributed by atoms with van der Waals surface area (Å²) in [6.45, 7) is 1.52. The van der Waals surface area contributed by atoms with Crippen molar-refractivity contribution in [3.05, 3.63) is 44.1 Å². The van der Waals surface area contributed by atoms with Gasteiger partial charge in [-0.1, -0.05) is 29.3 Å². The Morgan fingerprint density at radius 1 is 1.29 bits per heavy atom. The highest BCUT2D eigenvalue weighted by Crippen LogP contribution is 2.34. The van der Waals surface area contributed by atoms with Crippen LogP contribution in [-0.2, 0) is 10.0 Å². The van der Waals surface area contributed by atoms with Gasteiger partial charge in [0.2, 0.25) is 0 Å². The Hall–Kier alpha value is -1.28. The molecule has 0 aliphatic heterocycles. The molecule has 0 radical (unpaired) electrons. The molecule has 0 spiro atoms. The van der Waals surface area contributed by atoms with E-state index in [1.165, 1.54) is 24.4 Å². The minimum Gasteiger partial charge on any atom is -0.477 e. The van der Waals surface area contributed by atoms with Gasteiger partial charge in [0.15, 0.2) is 0 Å². The third-order valence-electron chi connectivity index (χ3n) is 2.58. The van der Waals surface area contributed by atoms with E-state index in [-0.39, 0.29) is 25.5 Å². The second-order valence-corrected chi connectivity index (χ2v) is 7.40. The van der Waals surface area contributed by atoms with Gasteiger partial charge < -0.3 is 5.11 Å². The minimum atomic E-state index is -4.11. The molecule has 0 bridgehead atoms. The number of rotatable bonds is 4. The van der Waals surface area contributed by atoms with Crippen LogP contribution in [0.1, 0.15) is 15.2 Å². The van der Waals surface area contributed by atoms with Crippen LogP contribution in [0, 0.1) is 6.92 Å². The Bertz CT molecular complexity index is 794. The van der Waals surface area contributed by atoms with Crippen LogP contribution in [0.4, 0.5) is 5.69 Å². The topological polar surface area (TPSA) is 83.5 Å². The molecule has 1 aromatic heterocycles. The van der Waals surface area contributed by atoms with E-state index in [1.54, 1.807) is 6.07 Å². The van der Waals surface area contributed by atoms with E-state index >= 15 is 0 Å². The van der Waals surface area contributed by atoms with Crippen LogP contribution in [0.2, 0.25) is 10.0 Å². The Morgan fingerprint density at radius 3 is 2.38 bits per heavy atom. The van der Waals surface area contributed by atoms with E-state index in [9.17, 15) is 13.2 Å². The number of aryl methyl sites for hydroxylation is 1. The first kappa shape index (κ1) is 16.1. The number of nitrogens with one attached hydrogen (secondary N) is 1. The molecule has 0 unspecified atom stereocenters. The van der Waals surface area contributed by atoms with Crippen molar-refractivity contribution in [1.29, 1.82) is 0 Å². The van der Waals surface area contributed by atoms with Crippen molar-refractivity contribution in [3.63, 3.8) is 0 Å². The average Bonchev–Trinajstić information content (AvgIpc) is 2.77. The highest BCUT2D eigenvalue weighted by Gasteiger charge is 2.28. The van der Waals surface area contributed by atoms with Gasteiger partial charge in [-0.3, -0.25) is 4.72 Å². The zero-order valence-electron chi connectivity index (χ0n) is 10.6. The molecule has 0 saturated carbocycles. The maximum atomic E-state index is 12.4. The molecule has 21 heavy (non-hydrogen) atoms. The molecule has 112 valence electrons. The summed E-state index contributed by atoms with van der Waals surface area (Å²) in [6.07, 6.45) is 0. The molecular weight excluding hydrogens is 357 g/mol. The molecule has 0 fully saturated rings.